The molecule has 2 N–H and O–H groups in total. The van der Waals surface area contributed by atoms with Crippen molar-refractivity contribution in [1.29, 1.82) is 0 Å². The number of methoxy groups -OCH3 is 1. The van der Waals surface area contributed by atoms with Crippen LogP contribution in [0.15, 0.2) is 11.4 Å². The average Bonchev–Trinajstić information content (AvgIpc) is 2.70. The largest absolute Gasteiger partial charge is 0.496 e. The molecular weight excluding hydrogens is 214 g/mol. The van der Waals surface area contributed by atoms with Gasteiger partial charge in [-0.15, -0.1) is 11.3 Å². The quantitative estimate of drug-likeness (QED) is 0.651. The van der Waals surface area contributed by atoms with Crippen molar-refractivity contribution in [2.24, 2.45) is 0 Å². The molecule has 4 nitrogen and oxygen atoms in total. The molecule has 0 atom stereocenters. The molecule has 15 heavy (non-hydrogen) atoms. The maximum Gasteiger partial charge on any atom is 0.134 e. The second-order valence-electron chi connectivity index (χ2n) is 2.92. The van der Waals surface area contributed by atoms with Crippen LogP contribution in [0.3, 0.4) is 0 Å². The summed E-state index contributed by atoms with van der Waals surface area (Å²) in [4.78, 5) is 1.19. The maximum absolute atomic E-state index is 8.48. The standard InChI is InChI=1S/C10H17NO3S/c1-13-9-2-7-15-10(9)8-11-3-5-14-6-4-12/h2,7,11-12H,3-6,8H2,1H3. The van der Waals surface area contributed by atoms with Crippen LogP contribution in [-0.4, -0.2) is 38.6 Å². The Morgan fingerprint density at radius 2 is 2.33 bits per heavy atom. The van der Waals surface area contributed by atoms with Crippen LogP contribution in [-0.2, 0) is 11.3 Å². The van der Waals surface area contributed by atoms with Gasteiger partial charge in [0, 0.05) is 13.1 Å². The third-order valence-corrected chi connectivity index (χ3v) is 2.77. The van der Waals surface area contributed by atoms with E-state index in [2.05, 4.69) is 5.32 Å². The van der Waals surface area contributed by atoms with E-state index in [-0.39, 0.29) is 6.61 Å². The minimum Gasteiger partial charge on any atom is -0.496 e. The lowest BCUT2D eigenvalue weighted by molar-refractivity contribution is 0.0938. The van der Waals surface area contributed by atoms with Crippen molar-refractivity contribution in [3.63, 3.8) is 0 Å². The van der Waals surface area contributed by atoms with E-state index in [0.29, 0.717) is 13.2 Å². The van der Waals surface area contributed by atoms with E-state index in [9.17, 15) is 0 Å². The van der Waals surface area contributed by atoms with Gasteiger partial charge in [0.1, 0.15) is 5.75 Å². The highest BCUT2D eigenvalue weighted by molar-refractivity contribution is 7.10. The molecule has 0 aliphatic rings. The molecular formula is C10H17NO3S. The van der Waals surface area contributed by atoms with E-state index >= 15 is 0 Å². The molecule has 0 amide bonds. The number of thiophene rings is 1. The van der Waals surface area contributed by atoms with Crippen LogP contribution >= 0.6 is 11.3 Å². The summed E-state index contributed by atoms with van der Waals surface area (Å²) in [7, 11) is 1.68. The highest BCUT2D eigenvalue weighted by Crippen LogP contribution is 2.23. The van der Waals surface area contributed by atoms with E-state index < -0.39 is 0 Å². The maximum atomic E-state index is 8.48. The van der Waals surface area contributed by atoms with E-state index in [1.54, 1.807) is 18.4 Å². The highest BCUT2D eigenvalue weighted by atomic mass is 32.1. The Balaban J connectivity index is 2.09. The van der Waals surface area contributed by atoms with Crippen molar-refractivity contribution < 1.29 is 14.6 Å². The summed E-state index contributed by atoms with van der Waals surface area (Å²) >= 11 is 1.67. The lowest BCUT2D eigenvalue weighted by Gasteiger charge is -2.05. The Labute approximate surface area is 93.8 Å². The fourth-order valence-electron chi connectivity index (χ4n) is 1.15. The Kier molecular flexibility index (Phi) is 6.34. The zero-order valence-electron chi connectivity index (χ0n) is 8.86. The van der Waals surface area contributed by atoms with Crippen LogP contribution in [0.2, 0.25) is 0 Å². The van der Waals surface area contributed by atoms with Gasteiger partial charge < -0.3 is 19.9 Å². The Hall–Kier alpha value is -0.620. The Bertz CT molecular complexity index is 265. The first-order valence-electron chi connectivity index (χ1n) is 4.88. The molecule has 0 aliphatic heterocycles. The fourth-order valence-corrected chi connectivity index (χ4v) is 1.96. The molecule has 0 fully saturated rings. The summed E-state index contributed by atoms with van der Waals surface area (Å²) in [5.41, 5.74) is 0. The topological polar surface area (TPSA) is 50.7 Å². The van der Waals surface area contributed by atoms with Gasteiger partial charge in [-0.3, -0.25) is 0 Å². The summed E-state index contributed by atoms with van der Waals surface area (Å²) in [6.07, 6.45) is 0. The van der Waals surface area contributed by atoms with Gasteiger partial charge in [0.2, 0.25) is 0 Å². The van der Waals surface area contributed by atoms with Crippen LogP contribution in [0.25, 0.3) is 0 Å². The molecule has 0 spiro atoms. The smallest absolute Gasteiger partial charge is 0.134 e. The molecule has 1 aromatic heterocycles. The lowest BCUT2D eigenvalue weighted by Crippen LogP contribution is -2.19. The summed E-state index contributed by atoms with van der Waals surface area (Å²) in [6.45, 7) is 2.68. The number of nitrogens with one attached hydrogen (secondary N) is 1. The number of rotatable bonds is 8. The van der Waals surface area contributed by atoms with Crippen LogP contribution in [0.1, 0.15) is 4.88 Å². The first-order valence-corrected chi connectivity index (χ1v) is 5.76. The average molecular weight is 231 g/mol. The SMILES string of the molecule is COc1ccsc1CNCCOCCO. The monoisotopic (exact) mass is 231 g/mol. The number of aliphatic hydroxyl groups is 1. The molecule has 0 bridgehead atoms. The normalized spacial score (nSPS) is 10.5. The third kappa shape index (κ3) is 4.61. The number of hydrogen-bond donors (Lipinski definition) is 2. The molecule has 1 rings (SSSR count). The first kappa shape index (κ1) is 12.4. The van der Waals surface area contributed by atoms with Crippen LogP contribution < -0.4 is 10.1 Å². The van der Waals surface area contributed by atoms with Crippen LogP contribution in [0, 0.1) is 0 Å². The van der Waals surface area contributed by atoms with E-state index in [4.69, 9.17) is 14.6 Å². The molecule has 0 aromatic carbocycles. The minimum atomic E-state index is 0.0821. The van der Waals surface area contributed by atoms with Crippen molar-refractivity contribution in [3.05, 3.63) is 16.3 Å². The second kappa shape index (κ2) is 7.64. The zero-order valence-corrected chi connectivity index (χ0v) is 9.68. The van der Waals surface area contributed by atoms with Crippen molar-refractivity contribution in [2.75, 3.05) is 33.5 Å². The van der Waals surface area contributed by atoms with Gasteiger partial charge in [-0.25, -0.2) is 0 Å². The van der Waals surface area contributed by atoms with Crippen LogP contribution in [0.4, 0.5) is 0 Å². The highest BCUT2D eigenvalue weighted by Gasteiger charge is 2.02. The van der Waals surface area contributed by atoms with Crippen molar-refractivity contribution in [1.82, 2.24) is 5.32 Å². The predicted molar refractivity (Wildman–Crippen MR) is 60.5 cm³/mol. The summed E-state index contributed by atoms with van der Waals surface area (Å²) in [6, 6.07) is 1.96. The fraction of sp³-hybridized carbons (Fsp3) is 0.600. The Morgan fingerprint density at radius 1 is 1.47 bits per heavy atom. The van der Waals surface area contributed by atoms with Gasteiger partial charge in [0.25, 0.3) is 0 Å². The van der Waals surface area contributed by atoms with Crippen molar-refractivity contribution >= 4 is 11.3 Å². The molecule has 0 radical (unpaired) electrons. The summed E-state index contributed by atoms with van der Waals surface area (Å²) in [5, 5.41) is 13.7. The van der Waals surface area contributed by atoms with Gasteiger partial charge in [-0.1, -0.05) is 0 Å². The molecule has 5 heteroatoms. The van der Waals surface area contributed by atoms with Crippen molar-refractivity contribution in [2.45, 2.75) is 6.54 Å². The molecule has 0 unspecified atom stereocenters. The van der Waals surface area contributed by atoms with Crippen molar-refractivity contribution in [3.8, 4) is 5.75 Å². The molecule has 1 aromatic rings. The summed E-state index contributed by atoms with van der Waals surface area (Å²) in [5.74, 6) is 0.934. The molecule has 0 saturated heterocycles. The van der Waals surface area contributed by atoms with Crippen LogP contribution in [0.5, 0.6) is 5.75 Å². The van der Waals surface area contributed by atoms with E-state index in [1.165, 1.54) is 4.88 Å². The molecule has 0 aliphatic carbocycles. The second-order valence-corrected chi connectivity index (χ2v) is 3.93. The Morgan fingerprint density at radius 3 is 3.07 bits per heavy atom. The van der Waals surface area contributed by atoms with Gasteiger partial charge in [0.05, 0.1) is 31.8 Å². The summed E-state index contributed by atoms with van der Waals surface area (Å²) < 4.78 is 10.3. The molecule has 0 saturated carbocycles. The van der Waals surface area contributed by atoms with Gasteiger partial charge in [0.15, 0.2) is 0 Å². The zero-order chi connectivity index (χ0) is 10.9. The number of aliphatic hydroxyl groups excluding tert-OH is 1. The number of hydrogen-bond acceptors (Lipinski definition) is 5. The predicted octanol–water partition coefficient (Wildman–Crippen LogP) is 0.855. The number of ether oxygens (including phenoxy) is 2. The van der Waals surface area contributed by atoms with Gasteiger partial charge in [-0.2, -0.15) is 0 Å². The molecule has 1 heterocycles. The van der Waals surface area contributed by atoms with Gasteiger partial charge >= 0.3 is 0 Å². The van der Waals surface area contributed by atoms with E-state index in [1.807, 2.05) is 11.4 Å². The minimum absolute atomic E-state index is 0.0821. The lowest BCUT2D eigenvalue weighted by atomic mass is 10.4. The third-order valence-electron chi connectivity index (χ3n) is 1.87. The van der Waals surface area contributed by atoms with Gasteiger partial charge in [-0.05, 0) is 11.4 Å². The first-order chi connectivity index (χ1) is 7.38. The van der Waals surface area contributed by atoms with E-state index in [0.717, 1.165) is 18.8 Å². The molecule has 86 valence electrons.